The fraction of sp³-hybridized carbons (Fsp3) is 0.0714. The fourth-order valence-corrected chi connectivity index (χ4v) is 2.46. The van der Waals surface area contributed by atoms with E-state index < -0.39 is 0 Å². The van der Waals surface area contributed by atoms with E-state index in [1.165, 1.54) is 16.1 Å². The van der Waals surface area contributed by atoms with Crippen LogP contribution in [0.4, 0.5) is 5.69 Å². The second-order valence-corrected chi connectivity index (χ2v) is 5.14. The van der Waals surface area contributed by atoms with Gasteiger partial charge in [-0.2, -0.15) is 21.4 Å². The predicted molar refractivity (Wildman–Crippen MR) is 80.9 cm³/mol. The van der Waals surface area contributed by atoms with Gasteiger partial charge in [0.2, 0.25) is 11.7 Å². The first-order chi connectivity index (χ1) is 10.8. The third-order valence-electron chi connectivity index (χ3n) is 2.84. The van der Waals surface area contributed by atoms with Crippen molar-refractivity contribution in [1.82, 2.24) is 20.2 Å². The van der Waals surface area contributed by atoms with Gasteiger partial charge >= 0.3 is 0 Å². The molecule has 8 heteroatoms. The number of hydrogen-bond acceptors (Lipinski definition) is 6. The molecular formula is C14H10N6OS. The molecule has 0 bridgehead atoms. The number of carbonyl (C=O) groups excluding carboxylic acids is 1. The van der Waals surface area contributed by atoms with Crippen LogP contribution in [0, 0.1) is 11.3 Å². The zero-order valence-electron chi connectivity index (χ0n) is 11.3. The van der Waals surface area contributed by atoms with E-state index in [-0.39, 0.29) is 12.5 Å². The van der Waals surface area contributed by atoms with Gasteiger partial charge in [-0.15, -0.1) is 10.2 Å². The molecule has 2 aromatic heterocycles. The Morgan fingerprint density at radius 3 is 3.00 bits per heavy atom. The number of rotatable bonds is 4. The maximum atomic E-state index is 12.0. The topological polar surface area (TPSA) is 96.5 Å². The minimum atomic E-state index is -0.322. The largest absolute Gasteiger partial charge is 0.323 e. The van der Waals surface area contributed by atoms with Crippen molar-refractivity contribution in [3.8, 4) is 17.5 Å². The van der Waals surface area contributed by atoms with Crippen molar-refractivity contribution in [2.24, 2.45) is 0 Å². The Bertz CT molecular complexity index is 833. The van der Waals surface area contributed by atoms with Crippen LogP contribution in [-0.2, 0) is 11.3 Å². The van der Waals surface area contributed by atoms with Gasteiger partial charge in [0, 0.05) is 10.9 Å². The number of anilines is 1. The molecule has 0 radical (unpaired) electrons. The number of tetrazole rings is 1. The van der Waals surface area contributed by atoms with Crippen molar-refractivity contribution >= 4 is 22.9 Å². The molecule has 0 unspecified atom stereocenters. The molecule has 0 aliphatic heterocycles. The Morgan fingerprint density at radius 1 is 1.36 bits per heavy atom. The Kier molecular flexibility index (Phi) is 3.89. The molecule has 0 saturated heterocycles. The molecule has 3 rings (SSSR count). The number of benzene rings is 1. The standard InChI is InChI=1S/C14H10N6OS/c15-7-10-3-1-2-4-12(10)16-13(21)8-20-18-14(17-19-20)11-5-6-22-9-11/h1-6,9H,8H2,(H,16,21). The lowest BCUT2D eigenvalue weighted by Gasteiger charge is -2.05. The van der Waals surface area contributed by atoms with E-state index in [1.54, 1.807) is 24.3 Å². The number of nitrogens with one attached hydrogen (secondary N) is 1. The normalized spacial score (nSPS) is 10.1. The summed E-state index contributed by atoms with van der Waals surface area (Å²) in [4.78, 5) is 13.2. The Labute approximate surface area is 129 Å². The van der Waals surface area contributed by atoms with Crippen LogP contribution >= 0.6 is 11.3 Å². The number of nitriles is 1. The lowest BCUT2D eigenvalue weighted by atomic mass is 10.2. The zero-order valence-corrected chi connectivity index (χ0v) is 12.1. The highest BCUT2D eigenvalue weighted by Crippen LogP contribution is 2.17. The number of nitrogens with zero attached hydrogens (tertiary/aromatic N) is 5. The number of amides is 1. The number of carbonyl (C=O) groups is 1. The van der Waals surface area contributed by atoms with E-state index in [0.717, 1.165) is 5.56 Å². The summed E-state index contributed by atoms with van der Waals surface area (Å²) in [5.41, 5.74) is 1.74. The Hall–Kier alpha value is -3.05. The second-order valence-electron chi connectivity index (χ2n) is 4.36. The number of aromatic nitrogens is 4. The molecule has 0 fully saturated rings. The Balaban J connectivity index is 1.69. The number of para-hydroxylation sites is 1. The minimum Gasteiger partial charge on any atom is -0.323 e. The molecule has 0 aliphatic carbocycles. The monoisotopic (exact) mass is 310 g/mol. The van der Waals surface area contributed by atoms with E-state index in [0.29, 0.717) is 17.1 Å². The maximum Gasteiger partial charge on any atom is 0.248 e. The third kappa shape index (κ3) is 2.99. The molecule has 1 amide bonds. The van der Waals surface area contributed by atoms with Crippen LogP contribution in [0.2, 0.25) is 0 Å². The van der Waals surface area contributed by atoms with Gasteiger partial charge in [0.15, 0.2) is 0 Å². The first-order valence-electron chi connectivity index (χ1n) is 6.35. The lowest BCUT2D eigenvalue weighted by molar-refractivity contribution is -0.117. The minimum absolute atomic E-state index is 0.0725. The van der Waals surface area contributed by atoms with Crippen molar-refractivity contribution in [3.63, 3.8) is 0 Å². The molecule has 22 heavy (non-hydrogen) atoms. The molecule has 2 heterocycles. The first kappa shape index (κ1) is 13.9. The summed E-state index contributed by atoms with van der Waals surface area (Å²) in [7, 11) is 0. The molecule has 0 saturated carbocycles. The third-order valence-corrected chi connectivity index (χ3v) is 3.52. The van der Waals surface area contributed by atoms with Crippen LogP contribution in [0.1, 0.15) is 5.56 Å². The summed E-state index contributed by atoms with van der Waals surface area (Å²) in [6.07, 6.45) is 0. The summed E-state index contributed by atoms with van der Waals surface area (Å²) < 4.78 is 0. The quantitative estimate of drug-likeness (QED) is 0.794. The molecular weight excluding hydrogens is 300 g/mol. The van der Waals surface area contributed by atoms with Crippen LogP contribution in [-0.4, -0.2) is 26.1 Å². The van der Waals surface area contributed by atoms with Crippen molar-refractivity contribution in [1.29, 1.82) is 5.26 Å². The summed E-state index contributed by atoms with van der Waals surface area (Å²) in [6.45, 7) is -0.0725. The molecule has 1 aromatic carbocycles. The molecule has 0 aliphatic rings. The average molecular weight is 310 g/mol. The van der Waals surface area contributed by atoms with Crippen LogP contribution in [0.5, 0.6) is 0 Å². The highest BCUT2D eigenvalue weighted by Gasteiger charge is 2.11. The van der Waals surface area contributed by atoms with E-state index in [1.807, 2.05) is 22.9 Å². The van der Waals surface area contributed by atoms with Crippen LogP contribution in [0.3, 0.4) is 0 Å². The van der Waals surface area contributed by atoms with E-state index in [2.05, 4.69) is 20.7 Å². The molecule has 0 atom stereocenters. The fourth-order valence-electron chi connectivity index (χ4n) is 1.83. The maximum absolute atomic E-state index is 12.0. The van der Waals surface area contributed by atoms with Gasteiger partial charge in [0.25, 0.3) is 0 Å². The van der Waals surface area contributed by atoms with E-state index >= 15 is 0 Å². The smallest absolute Gasteiger partial charge is 0.248 e. The lowest BCUT2D eigenvalue weighted by Crippen LogP contribution is -2.21. The molecule has 1 N–H and O–H groups in total. The van der Waals surface area contributed by atoms with Gasteiger partial charge in [-0.05, 0) is 28.8 Å². The molecule has 0 spiro atoms. The SMILES string of the molecule is N#Cc1ccccc1NC(=O)Cn1nnc(-c2ccsc2)n1. The van der Waals surface area contributed by atoms with Gasteiger partial charge in [0.05, 0.1) is 11.3 Å². The van der Waals surface area contributed by atoms with Gasteiger partial charge in [0.1, 0.15) is 12.6 Å². The van der Waals surface area contributed by atoms with Crippen molar-refractivity contribution < 1.29 is 4.79 Å². The Morgan fingerprint density at radius 2 is 2.23 bits per heavy atom. The number of thiophene rings is 1. The predicted octanol–water partition coefficient (Wildman–Crippen LogP) is 1.91. The van der Waals surface area contributed by atoms with Gasteiger partial charge < -0.3 is 5.32 Å². The van der Waals surface area contributed by atoms with Gasteiger partial charge in [-0.25, -0.2) is 0 Å². The van der Waals surface area contributed by atoms with Crippen LogP contribution in [0.15, 0.2) is 41.1 Å². The second kappa shape index (κ2) is 6.15. The first-order valence-corrected chi connectivity index (χ1v) is 7.30. The summed E-state index contributed by atoms with van der Waals surface area (Å²) in [6, 6.07) is 10.7. The van der Waals surface area contributed by atoms with Crippen molar-refractivity contribution in [2.75, 3.05) is 5.32 Å². The van der Waals surface area contributed by atoms with Crippen molar-refractivity contribution in [2.45, 2.75) is 6.54 Å². The van der Waals surface area contributed by atoms with Gasteiger partial charge in [-0.3, -0.25) is 4.79 Å². The summed E-state index contributed by atoms with van der Waals surface area (Å²) in [5, 5.41) is 27.4. The molecule has 3 aromatic rings. The molecule has 7 nitrogen and oxygen atoms in total. The van der Waals surface area contributed by atoms with Crippen LogP contribution in [0.25, 0.3) is 11.4 Å². The summed E-state index contributed by atoms with van der Waals surface area (Å²) in [5.74, 6) is 0.156. The van der Waals surface area contributed by atoms with E-state index in [9.17, 15) is 4.79 Å². The highest BCUT2D eigenvalue weighted by atomic mass is 32.1. The molecule has 108 valence electrons. The average Bonchev–Trinajstić information content (AvgIpc) is 3.18. The van der Waals surface area contributed by atoms with Gasteiger partial charge in [-0.1, -0.05) is 12.1 Å². The van der Waals surface area contributed by atoms with E-state index in [4.69, 9.17) is 5.26 Å². The number of hydrogen-bond donors (Lipinski definition) is 1. The van der Waals surface area contributed by atoms with Crippen molar-refractivity contribution in [3.05, 3.63) is 46.7 Å². The highest BCUT2D eigenvalue weighted by molar-refractivity contribution is 7.08. The summed E-state index contributed by atoms with van der Waals surface area (Å²) >= 11 is 1.54. The van der Waals surface area contributed by atoms with Crippen LogP contribution < -0.4 is 5.32 Å². The zero-order chi connectivity index (χ0) is 15.4.